The van der Waals surface area contributed by atoms with Crippen LogP contribution >= 0.6 is 0 Å². The SMILES string of the molecule is COC[C@H]1O[C@@]2(C[C@H]3[C@H](OC)[C@@H](OC)[C@@H](OC)O[C@@H]3CO2)[C@@H](OC)[C@@H](OC)[C@@H]1OC. The van der Waals surface area contributed by atoms with Crippen LogP contribution in [0.1, 0.15) is 6.42 Å². The molecule has 10 atom stereocenters. The lowest BCUT2D eigenvalue weighted by molar-refractivity contribution is -0.412. The molecule has 0 amide bonds. The third-order valence-electron chi connectivity index (χ3n) is 6.49. The van der Waals surface area contributed by atoms with Crippen LogP contribution in [0.25, 0.3) is 0 Å². The average Bonchev–Trinajstić information content (AvgIpc) is 2.77. The van der Waals surface area contributed by atoms with Crippen LogP contribution in [0.4, 0.5) is 0 Å². The lowest BCUT2D eigenvalue weighted by Gasteiger charge is -2.57. The van der Waals surface area contributed by atoms with Crippen molar-refractivity contribution in [3.05, 3.63) is 0 Å². The maximum atomic E-state index is 6.50. The van der Waals surface area contributed by atoms with Gasteiger partial charge in [0.05, 0.1) is 25.4 Å². The second-order valence-electron chi connectivity index (χ2n) is 7.84. The summed E-state index contributed by atoms with van der Waals surface area (Å²) in [6.45, 7) is 0.610. The summed E-state index contributed by atoms with van der Waals surface area (Å²) in [5, 5.41) is 0. The standard InChI is InChI=1S/C20H36O10/c1-21-9-13-15(23-3)16(24-4)18(26-6)20(30-13)8-11-12(10-28-20)29-19(27-7)17(25-5)14(11)22-2/h11-19H,8-10H2,1-7H3/t11-,12-,13-,14+,15-,16+,17-,18+,19+,20+/m1/s1. The molecule has 0 unspecified atom stereocenters. The molecule has 30 heavy (non-hydrogen) atoms. The molecule has 0 aromatic heterocycles. The molecule has 0 radical (unpaired) electrons. The van der Waals surface area contributed by atoms with Gasteiger partial charge >= 0.3 is 0 Å². The molecule has 3 rings (SSSR count). The molecule has 0 N–H and O–H groups in total. The Hall–Kier alpha value is -0.400. The molecule has 3 aliphatic heterocycles. The average molecular weight is 436 g/mol. The molecule has 0 aromatic rings. The van der Waals surface area contributed by atoms with E-state index >= 15 is 0 Å². The highest BCUT2D eigenvalue weighted by Crippen LogP contribution is 2.47. The minimum Gasteiger partial charge on any atom is -0.382 e. The smallest absolute Gasteiger partial charge is 0.198 e. The van der Waals surface area contributed by atoms with Crippen LogP contribution < -0.4 is 0 Å². The lowest BCUT2D eigenvalue weighted by atomic mass is 9.77. The molecule has 0 bridgehead atoms. The van der Waals surface area contributed by atoms with Crippen molar-refractivity contribution >= 4 is 0 Å². The molecule has 0 saturated carbocycles. The topological polar surface area (TPSA) is 92.3 Å². The van der Waals surface area contributed by atoms with Crippen LogP contribution in [-0.4, -0.2) is 118 Å². The highest BCUT2D eigenvalue weighted by Gasteiger charge is 2.62. The molecular weight excluding hydrogens is 400 g/mol. The van der Waals surface area contributed by atoms with E-state index in [2.05, 4.69) is 0 Å². The van der Waals surface area contributed by atoms with E-state index in [-0.39, 0.29) is 36.9 Å². The molecule has 3 saturated heterocycles. The Bertz CT molecular complexity index is 536. The van der Waals surface area contributed by atoms with Crippen LogP contribution in [0.15, 0.2) is 0 Å². The van der Waals surface area contributed by atoms with Crippen molar-refractivity contribution in [1.29, 1.82) is 0 Å². The highest BCUT2D eigenvalue weighted by molar-refractivity contribution is 5.05. The Morgan fingerprint density at radius 2 is 1.43 bits per heavy atom. The third-order valence-corrected chi connectivity index (χ3v) is 6.49. The number of ether oxygens (including phenoxy) is 10. The fourth-order valence-electron chi connectivity index (χ4n) is 5.18. The zero-order valence-electron chi connectivity index (χ0n) is 18.9. The van der Waals surface area contributed by atoms with Gasteiger partial charge in [-0.25, -0.2) is 0 Å². The number of rotatable bonds is 8. The predicted octanol–water partition coefficient (Wildman–Crippen LogP) is 0.211. The predicted molar refractivity (Wildman–Crippen MR) is 103 cm³/mol. The van der Waals surface area contributed by atoms with E-state index < -0.39 is 30.4 Å². The monoisotopic (exact) mass is 436 g/mol. The van der Waals surface area contributed by atoms with Crippen molar-refractivity contribution in [3.63, 3.8) is 0 Å². The molecule has 0 aliphatic carbocycles. The first kappa shape index (κ1) is 24.2. The van der Waals surface area contributed by atoms with Gasteiger partial charge in [0.25, 0.3) is 0 Å². The first-order chi connectivity index (χ1) is 14.5. The molecule has 10 nitrogen and oxygen atoms in total. The van der Waals surface area contributed by atoms with Gasteiger partial charge in [-0.05, 0) is 0 Å². The van der Waals surface area contributed by atoms with Gasteiger partial charge in [-0.15, -0.1) is 0 Å². The first-order valence-corrected chi connectivity index (χ1v) is 10.2. The molecule has 1 spiro atoms. The van der Waals surface area contributed by atoms with Gasteiger partial charge < -0.3 is 47.4 Å². The van der Waals surface area contributed by atoms with E-state index in [0.29, 0.717) is 13.0 Å². The van der Waals surface area contributed by atoms with Crippen molar-refractivity contribution in [2.75, 3.05) is 63.0 Å². The highest BCUT2D eigenvalue weighted by atomic mass is 16.8. The van der Waals surface area contributed by atoms with Crippen LogP contribution in [0.2, 0.25) is 0 Å². The summed E-state index contributed by atoms with van der Waals surface area (Å²) in [4.78, 5) is 0. The Balaban J connectivity index is 1.92. The van der Waals surface area contributed by atoms with Crippen LogP contribution in [0.3, 0.4) is 0 Å². The molecule has 10 heteroatoms. The van der Waals surface area contributed by atoms with E-state index in [1.54, 1.807) is 49.8 Å². The fourth-order valence-corrected chi connectivity index (χ4v) is 5.18. The summed E-state index contributed by atoms with van der Waals surface area (Å²) in [5.41, 5.74) is 0. The lowest BCUT2D eigenvalue weighted by Crippen LogP contribution is -2.72. The second-order valence-corrected chi connectivity index (χ2v) is 7.84. The number of hydrogen-bond acceptors (Lipinski definition) is 10. The Kier molecular flexibility index (Phi) is 8.47. The van der Waals surface area contributed by atoms with Crippen LogP contribution in [0.5, 0.6) is 0 Å². The van der Waals surface area contributed by atoms with Gasteiger partial charge in [-0.1, -0.05) is 0 Å². The van der Waals surface area contributed by atoms with Gasteiger partial charge in [0.1, 0.15) is 30.5 Å². The van der Waals surface area contributed by atoms with Gasteiger partial charge in [-0.2, -0.15) is 0 Å². The Morgan fingerprint density at radius 3 is 1.97 bits per heavy atom. The quantitative estimate of drug-likeness (QED) is 0.526. The molecule has 176 valence electrons. The Labute approximate surface area is 178 Å². The third kappa shape index (κ3) is 4.15. The summed E-state index contributed by atoms with van der Waals surface area (Å²) in [5.74, 6) is -1.15. The maximum absolute atomic E-state index is 6.50. The fraction of sp³-hybridized carbons (Fsp3) is 1.00. The summed E-state index contributed by atoms with van der Waals surface area (Å²) < 4.78 is 58.6. The first-order valence-electron chi connectivity index (χ1n) is 10.2. The van der Waals surface area contributed by atoms with Crippen molar-refractivity contribution in [2.24, 2.45) is 5.92 Å². The number of hydrogen-bond donors (Lipinski definition) is 0. The zero-order valence-corrected chi connectivity index (χ0v) is 18.9. The summed E-state index contributed by atoms with van der Waals surface area (Å²) in [7, 11) is 11.4. The molecule has 3 fully saturated rings. The summed E-state index contributed by atoms with van der Waals surface area (Å²) in [6, 6.07) is 0. The molecule has 0 aromatic carbocycles. The minimum atomic E-state index is -1.08. The van der Waals surface area contributed by atoms with E-state index in [4.69, 9.17) is 47.4 Å². The van der Waals surface area contributed by atoms with E-state index in [0.717, 1.165) is 0 Å². The zero-order chi connectivity index (χ0) is 21.9. The molecule has 3 aliphatic rings. The van der Waals surface area contributed by atoms with E-state index in [1.165, 1.54) is 0 Å². The summed E-state index contributed by atoms with van der Waals surface area (Å²) in [6.07, 6.45) is -2.71. The minimum absolute atomic E-state index is 0.0717. The molecule has 3 heterocycles. The van der Waals surface area contributed by atoms with Gasteiger partial charge in [-0.3, -0.25) is 0 Å². The van der Waals surface area contributed by atoms with Crippen molar-refractivity contribution in [1.82, 2.24) is 0 Å². The maximum Gasteiger partial charge on any atom is 0.198 e. The van der Waals surface area contributed by atoms with Gasteiger partial charge in [0, 0.05) is 62.1 Å². The van der Waals surface area contributed by atoms with Crippen molar-refractivity contribution in [2.45, 2.75) is 61.2 Å². The van der Waals surface area contributed by atoms with E-state index in [9.17, 15) is 0 Å². The van der Waals surface area contributed by atoms with E-state index in [1.807, 2.05) is 0 Å². The number of fused-ring (bicyclic) bond motifs is 1. The normalized spacial score (nSPS) is 46.7. The van der Waals surface area contributed by atoms with Crippen LogP contribution in [-0.2, 0) is 47.4 Å². The van der Waals surface area contributed by atoms with Crippen molar-refractivity contribution < 1.29 is 47.4 Å². The largest absolute Gasteiger partial charge is 0.382 e. The van der Waals surface area contributed by atoms with Crippen molar-refractivity contribution in [3.8, 4) is 0 Å². The Morgan fingerprint density at radius 1 is 0.767 bits per heavy atom. The van der Waals surface area contributed by atoms with Crippen LogP contribution in [0, 0.1) is 5.92 Å². The number of methoxy groups -OCH3 is 7. The van der Waals surface area contributed by atoms with Gasteiger partial charge in [0.15, 0.2) is 12.1 Å². The summed E-state index contributed by atoms with van der Waals surface area (Å²) >= 11 is 0. The molecular formula is C20H36O10. The van der Waals surface area contributed by atoms with Gasteiger partial charge in [0.2, 0.25) is 0 Å². The second kappa shape index (κ2) is 10.5.